The molecule has 164 valence electrons. The van der Waals surface area contributed by atoms with E-state index in [1.807, 2.05) is 35.2 Å². The van der Waals surface area contributed by atoms with Gasteiger partial charge in [0.05, 0.1) is 12.6 Å². The van der Waals surface area contributed by atoms with Crippen molar-refractivity contribution >= 4 is 17.7 Å². The molecule has 1 aliphatic heterocycles. The molecule has 1 aliphatic rings. The first-order valence-electron chi connectivity index (χ1n) is 10.8. The van der Waals surface area contributed by atoms with Crippen molar-refractivity contribution in [1.82, 2.24) is 4.90 Å². The summed E-state index contributed by atoms with van der Waals surface area (Å²) in [5.41, 5.74) is 2.14. The van der Waals surface area contributed by atoms with Crippen molar-refractivity contribution < 1.29 is 24.2 Å². The van der Waals surface area contributed by atoms with Crippen LogP contribution in [-0.2, 0) is 32.0 Å². The summed E-state index contributed by atoms with van der Waals surface area (Å²) < 4.78 is 5.10. The van der Waals surface area contributed by atoms with Crippen molar-refractivity contribution in [2.24, 2.45) is 0 Å². The minimum Gasteiger partial charge on any atom is -0.481 e. The number of unbranched alkanes of at least 4 members (excludes halogenated alkanes) is 3. The molecule has 0 saturated carbocycles. The molecular weight excluding hydrogens is 382 g/mol. The molecule has 0 aromatic heterocycles. The molecule has 1 aromatic rings. The summed E-state index contributed by atoms with van der Waals surface area (Å²) in [4.78, 5) is 37.0. The van der Waals surface area contributed by atoms with Gasteiger partial charge >= 0.3 is 5.97 Å². The van der Waals surface area contributed by atoms with Crippen LogP contribution < -0.4 is 0 Å². The second-order valence-corrected chi connectivity index (χ2v) is 7.82. The normalized spacial score (nSPS) is 16.5. The number of likely N-dealkylation sites (tertiary alicyclic amines) is 1. The second kappa shape index (κ2) is 13.0. The number of hydrogen-bond acceptors (Lipinski definition) is 4. The molecule has 0 spiro atoms. The highest BCUT2D eigenvalue weighted by molar-refractivity contribution is 5.91. The number of allylic oxidation sites excluding steroid dienone is 1. The number of amides is 1. The van der Waals surface area contributed by atoms with Crippen LogP contribution in [0.5, 0.6) is 0 Å². The summed E-state index contributed by atoms with van der Waals surface area (Å²) in [6, 6.07) is 7.98. The van der Waals surface area contributed by atoms with Crippen molar-refractivity contribution in [2.45, 2.75) is 63.8 Å². The van der Waals surface area contributed by atoms with E-state index in [0.29, 0.717) is 32.4 Å². The second-order valence-electron chi connectivity index (χ2n) is 7.82. The Labute approximate surface area is 178 Å². The summed E-state index contributed by atoms with van der Waals surface area (Å²) >= 11 is 0. The zero-order chi connectivity index (χ0) is 21.8. The van der Waals surface area contributed by atoms with Crippen LogP contribution in [0.25, 0.3) is 0 Å². The van der Waals surface area contributed by atoms with Gasteiger partial charge in [-0.2, -0.15) is 0 Å². The van der Waals surface area contributed by atoms with Crippen molar-refractivity contribution in [2.75, 3.05) is 20.3 Å². The Balaban J connectivity index is 1.79. The van der Waals surface area contributed by atoms with E-state index < -0.39 is 5.97 Å². The molecule has 0 bridgehead atoms. The lowest BCUT2D eigenvalue weighted by molar-refractivity contribution is -0.137. The molecule has 1 fully saturated rings. The molecular formula is C24H33NO5. The number of ether oxygens (including phenoxy) is 1. The number of nitrogens with zero attached hydrogens (tertiary/aromatic N) is 1. The maximum Gasteiger partial charge on any atom is 0.303 e. The number of rotatable bonds is 14. The van der Waals surface area contributed by atoms with E-state index in [1.165, 1.54) is 0 Å². The molecule has 1 N–H and O–H groups in total. The van der Waals surface area contributed by atoms with E-state index in [9.17, 15) is 14.4 Å². The molecule has 0 radical (unpaired) electrons. The molecule has 1 saturated heterocycles. The van der Waals surface area contributed by atoms with Crippen LogP contribution in [0.4, 0.5) is 0 Å². The summed E-state index contributed by atoms with van der Waals surface area (Å²) in [5.74, 6) is -0.596. The number of carbonyl (C=O) groups is 3. The van der Waals surface area contributed by atoms with Crippen LogP contribution in [0.2, 0.25) is 0 Å². The predicted molar refractivity (Wildman–Crippen MR) is 115 cm³/mol. The number of carboxylic acids is 1. The molecule has 0 aliphatic carbocycles. The van der Waals surface area contributed by atoms with Gasteiger partial charge in [0.15, 0.2) is 5.78 Å². The Bertz CT molecular complexity index is 743. The third-order valence-corrected chi connectivity index (χ3v) is 5.38. The van der Waals surface area contributed by atoms with Crippen LogP contribution in [0.3, 0.4) is 0 Å². The van der Waals surface area contributed by atoms with Crippen LogP contribution >= 0.6 is 0 Å². The van der Waals surface area contributed by atoms with Gasteiger partial charge in [0.2, 0.25) is 5.91 Å². The van der Waals surface area contributed by atoms with Gasteiger partial charge in [0.25, 0.3) is 0 Å². The molecule has 6 heteroatoms. The number of aliphatic carboxylic acids is 1. The standard InChI is InChI=1S/C24H33NO5/c1-30-16-14-19-7-6-8-20(17-19)18-22(26)12-10-21-11-13-23(27)25(21)15-5-3-2-4-9-24(28)29/h6-8,10,12,17,21H,2-5,9,11,13-16,18H2,1H3,(H,28,29)/t21-/m0/s1. The van der Waals surface area contributed by atoms with Gasteiger partial charge in [-0.25, -0.2) is 0 Å². The molecule has 1 aromatic carbocycles. The first-order chi connectivity index (χ1) is 14.5. The van der Waals surface area contributed by atoms with E-state index >= 15 is 0 Å². The van der Waals surface area contributed by atoms with Crippen molar-refractivity contribution in [3.8, 4) is 0 Å². The summed E-state index contributed by atoms with van der Waals surface area (Å²) in [5, 5.41) is 8.66. The van der Waals surface area contributed by atoms with Crippen molar-refractivity contribution in [1.29, 1.82) is 0 Å². The molecule has 2 rings (SSSR count). The Morgan fingerprint density at radius 2 is 1.97 bits per heavy atom. The minimum atomic E-state index is -0.763. The lowest BCUT2D eigenvalue weighted by atomic mass is 10.0. The predicted octanol–water partition coefficient (Wildman–Crippen LogP) is 3.57. The summed E-state index contributed by atoms with van der Waals surface area (Å²) in [6.07, 6.45) is 9.42. The maximum absolute atomic E-state index is 12.4. The van der Waals surface area contributed by atoms with Crippen LogP contribution in [0.15, 0.2) is 36.4 Å². The van der Waals surface area contributed by atoms with Crippen LogP contribution in [-0.4, -0.2) is 54.0 Å². The highest BCUT2D eigenvalue weighted by atomic mass is 16.5. The fourth-order valence-corrected chi connectivity index (χ4v) is 3.75. The first kappa shape index (κ1) is 23.8. The lowest BCUT2D eigenvalue weighted by Gasteiger charge is -2.22. The third-order valence-electron chi connectivity index (χ3n) is 5.38. The van der Waals surface area contributed by atoms with Gasteiger partial charge < -0.3 is 14.7 Å². The van der Waals surface area contributed by atoms with Crippen molar-refractivity contribution in [3.63, 3.8) is 0 Å². The smallest absolute Gasteiger partial charge is 0.303 e. The van der Waals surface area contributed by atoms with Crippen molar-refractivity contribution in [3.05, 3.63) is 47.5 Å². The van der Waals surface area contributed by atoms with Gasteiger partial charge in [0.1, 0.15) is 0 Å². The number of benzene rings is 1. The molecule has 1 heterocycles. The van der Waals surface area contributed by atoms with Gasteiger partial charge in [-0.3, -0.25) is 14.4 Å². The first-order valence-corrected chi connectivity index (χ1v) is 10.8. The third kappa shape index (κ3) is 8.49. The van der Waals surface area contributed by atoms with E-state index in [-0.39, 0.29) is 24.2 Å². The molecule has 30 heavy (non-hydrogen) atoms. The van der Waals surface area contributed by atoms with Gasteiger partial charge in [-0.05, 0) is 42.9 Å². The molecule has 1 atom stereocenters. The average molecular weight is 416 g/mol. The number of ketones is 1. The monoisotopic (exact) mass is 415 g/mol. The number of hydrogen-bond donors (Lipinski definition) is 1. The summed E-state index contributed by atoms with van der Waals surface area (Å²) in [7, 11) is 1.68. The number of carbonyl (C=O) groups excluding carboxylic acids is 2. The van der Waals surface area contributed by atoms with E-state index in [1.54, 1.807) is 13.2 Å². The number of methoxy groups -OCH3 is 1. The molecule has 1 amide bonds. The molecule has 6 nitrogen and oxygen atoms in total. The fourth-order valence-electron chi connectivity index (χ4n) is 3.75. The highest BCUT2D eigenvalue weighted by Gasteiger charge is 2.28. The SMILES string of the molecule is COCCc1cccc(CC(=O)C=C[C@H]2CCC(=O)N2CCCCCCC(=O)O)c1. The van der Waals surface area contributed by atoms with Gasteiger partial charge in [-0.15, -0.1) is 0 Å². The van der Waals surface area contributed by atoms with E-state index in [2.05, 4.69) is 0 Å². The fraction of sp³-hybridized carbons (Fsp3) is 0.542. The Hall–Kier alpha value is -2.47. The van der Waals surface area contributed by atoms with Crippen LogP contribution in [0.1, 0.15) is 56.1 Å². The Morgan fingerprint density at radius 1 is 1.20 bits per heavy atom. The zero-order valence-corrected chi connectivity index (χ0v) is 17.8. The lowest BCUT2D eigenvalue weighted by Crippen LogP contribution is -2.32. The van der Waals surface area contributed by atoms with Gasteiger partial charge in [-0.1, -0.05) is 43.2 Å². The summed E-state index contributed by atoms with van der Waals surface area (Å²) in [6.45, 7) is 1.32. The minimum absolute atomic E-state index is 0.0199. The van der Waals surface area contributed by atoms with Crippen LogP contribution in [0, 0.1) is 0 Å². The topological polar surface area (TPSA) is 83.9 Å². The Kier molecular flexibility index (Phi) is 10.3. The van der Waals surface area contributed by atoms with E-state index in [4.69, 9.17) is 9.84 Å². The largest absolute Gasteiger partial charge is 0.481 e. The van der Waals surface area contributed by atoms with Gasteiger partial charge in [0, 0.05) is 32.9 Å². The average Bonchev–Trinajstić information content (AvgIpc) is 3.07. The molecule has 0 unspecified atom stereocenters. The van der Waals surface area contributed by atoms with E-state index in [0.717, 1.165) is 43.2 Å². The number of carboxylic acid groups (broad SMARTS) is 1. The quantitative estimate of drug-likeness (QED) is 0.371. The Morgan fingerprint density at radius 3 is 2.73 bits per heavy atom. The zero-order valence-electron chi connectivity index (χ0n) is 17.8. The highest BCUT2D eigenvalue weighted by Crippen LogP contribution is 2.21. The maximum atomic E-state index is 12.4.